The highest BCUT2D eigenvalue weighted by molar-refractivity contribution is 5.97. The average molecular weight is 358 g/mol. The Labute approximate surface area is 151 Å². The predicted octanol–water partition coefficient (Wildman–Crippen LogP) is 1.33. The number of carbonyl (C=O) groups excluding carboxylic acids is 2. The van der Waals surface area contributed by atoms with Gasteiger partial charge in [0.25, 0.3) is 11.5 Å². The number of rotatable bonds is 3. The molecule has 1 aliphatic heterocycles. The van der Waals surface area contributed by atoms with Crippen LogP contribution in [0.2, 0.25) is 0 Å². The topological polar surface area (TPSA) is 84.7 Å². The highest BCUT2D eigenvalue weighted by Crippen LogP contribution is 2.14. The van der Waals surface area contributed by atoms with Crippen LogP contribution in [0.3, 0.4) is 0 Å². The molecule has 2 aromatic heterocycles. The van der Waals surface area contributed by atoms with Gasteiger partial charge >= 0.3 is 6.09 Å². The van der Waals surface area contributed by atoms with E-state index >= 15 is 0 Å². The summed E-state index contributed by atoms with van der Waals surface area (Å²) < 4.78 is 6.49. The number of aromatic nitrogens is 2. The first-order valence-corrected chi connectivity index (χ1v) is 8.76. The summed E-state index contributed by atoms with van der Waals surface area (Å²) in [6.45, 7) is 5.88. The zero-order chi connectivity index (χ0) is 18.7. The van der Waals surface area contributed by atoms with E-state index in [0.29, 0.717) is 45.0 Å². The monoisotopic (exact) mass is 358 g/mol. The Bertz CT molecular complexity index is 884. The fraction of sp³-hybridized carbons (Fsp3) is 0.444. The minimum absolute atomic E-state index is 0.136. The van der Waals surface area contributed by atoms with Gasteiger partial charge in [0.05, 0.1) is 6.61 Å². The third-order valence-electron chi connectivity index (χ3n) is 4.49. The van der Waals surface area contributed by atoms with Crippen LogP contribution in [0.5, 0.6) is 0 Å². The number of fused-ring (bicyclic) bond motifs is 1. The lowest BCUT2D eigenvalue weighted by molar-refractivity contribution is 0.0569. The zero-order valence-corrected chi connectivity index (χ0v) is 15.0. The second-order valence-corrected chi connectivity index (χ2v) is 6.00. The van der Waals surface area contributed by atoms with Crippen molar-refractivity contribution in [1.82, 2.24) is 19.4 Å². The molecule has 0 radical (unpaired) electrons. The van der Waals surface area contributed by atoms with Crippen molar-refractivity contribution < 1.29 is 14.3 Å². The molecule has 2 amide bonds. The second kappa shape index (κ2) is 7.55. The van der Waals surface area contributed by atoms with Crippen molar-refractivity contribution in [3.05, 3.63) is 40.3 Å². The molecule has 0 bridgehead atoms. The van der Waals surface area contributed by atoms with Gasteiger partial charge in [0.1, 0.15) is 11.2 Å². The van der Waals surface area contributed by atoms with E-state index in [9.17, 15) is 14.4 Å². The maximum atomic E-state index is 12.9. The minimum Gasteiger partial charge on any atom is -0.450 e. The molecule has 0 spiro atoms. The Morgan fingerprint density at radius 1 is 1.15 bits per heavy atom. The van der Waals surface area contributed by atoms with Crippen molar-refractivity contribution >= 4 is 23.0 Å². The number of carbonyl (C=O) groups is 2. The van der Waals surface area contributed by atoms with Gasteiger partial charge < -0.3 is 14.5 Å². The van der Waals surface area contributed by atoms with Gasteiger partial charge in [0.2, 0.25) is 0 Å². The van der Waals surface area contributed by atoms with Gasteiger partial charge in [-0.25, -0.2) is 9.78 Å². The van der Waals surface area contributed by atoms with E-state index in [4.69, 9.17) is 4.74 Å². The van der Waals surface area contributed by atoms with Crippen molar-refractivity contribution in [2.75, 3.05) is 32.8 Å². The lowest BCUT2D eigenvalue weighted by atomic mass is 10.1. The van der Waals surface area contributed by atoms with Gasteiger partial charge in [-0.05, 0) is 32.0 Å². The van der Waals surface area contributed by atoms with E-state index in [1.165, 1.54) is 4.57 Å². The molecule has 0 saturated carbocycles. The highest BCUT2D eigenvalue weighted by Gasteiger charge is 2.27. The van der Waals surface area contributed by atoms with Gasteiger partial charge in [0.15, 0.2) is 0 Å². The van der Waals surface area contributed by atoms with Gasteiger partial charge in [0, 0.05) is 44.3 Å². The van der Waals surface area contributed by atoms with E-state index in [-0.39, 0.29) is 23.1 Å². The molecule has 3 rings (SSSR count). The van der Waals surface area contributed by atoms with Crippen molar-refractivity contribution in [3.63, 3.8) is 0 Å². The van der Waals surface area contributed by atoms with Crippen molar-refractivity contribution in [3.8, 4) is 0 Å². The molecule has 0 atom stereocenters. The van der Waals surface area contributed by atoms with E-state index in [0.717, 1.165) is 5.39 Å². The van der Waals surface area contributed by atoms with Crippen molar-refractivity contribution in [2.24, 2.45) is 0 Å². The third-order valence-corrected chi connectivity index (χ3v) is 4.49. The van der Waals surface area contributed by atoms with Crippen LogP contribution in [-0.4, -0.2) is 64.1 Å². The van der Waals surface area contributed by atoms with Crippen molar-refractivity contribution in [2.45, 2.75) is 20.4 Å². The molecule has 1 saturated heterocycles. The number of amides is 2. The largest absolute Gasteiger partial charge is 0.450 e. The summed E-state index contributed by atoms with van der Waals surface area (Å²) in [4.78, 5) is 44.8. The number of pyridine rings is 2. The van der Waals surface area contributed by atoms with Crippen LogP contribution in [0.15, 0.2) is 29.2 Å². The molecule has 1 fully saturated rings. The highest BCUT2D eigenvalue weighted by atomic mass is 16.6. The molecule has 0 aliphatic carbocycles. The predicted molar refractivity (Wildman–Crippen MR) is 96.2 cm³/mol. The molecule has 138 valence electrons. The lowest BCUT2D eigenvalue weighted by Crippen LogP contribution is -2.51. The molecular formula is C18H22N4O4. The number of ether oxygens (including phenoxy) is 1. The lowest BCUT2D eigenvalue weighted by Gasteiger charge is -2.34. The molecule has 0 unspecified atom stereocenters. The molecule has 26 heavy (non-hydrogen) atoms. The first kappa shape index (κ1) is 17.9. The SMILES string of the molecule is CCOC(=O)N1CCN(C(=O)c2cc3cccnc3n(CC)c2=O)CC1. The van der Waals surface area contributed by atoms with Crippen LogP contribution in [0.25, 0.3) is 11.0 Å². The van der Waals surface area contributed by atoms with Gasteiger partial charge in [-0.1, -0.05) is 0 Å². The maximum absolute atomic E-state index is 12.9. The standard InChI is InChI=1S/C18H22N4O4/c1-3-22-15-13(6-5-7-19-15)12-14(17(22)24)16(23)20-8-10-21(11-9-20)18(25)26-4-2/h5-7,12H,3-4,8-11H2,1-2H3. The molecule has 0 aromatic carbocycles. The molecule has 1 aliphatic rings. The van der Waals surface area contributed by atoms with Gasteiger partial charge in [-0.15, -0.1) is 0 Å². The first-order chi connectivity index (χ1) is 12.6. The normalized spacial score (nSPS) is 14.5. The summed E-state index contributed by atoms with van der Waals surface area (Å²) in [6, 6.07) is 5.22. The number of aryl methyl sites for hydroxylation is 1. The molecule has 8 nitrogen and oxygen atoms in total. The summed E-state index contributed by atoms with van der Waals surface area (Å²) in [5, 5.41) is 0.752. The summed E-state index contributed by atoms with van der Waals surface area (Å²) in [6.07, 6.45) is 1.26. The molecule has 0 N–H and O–H groups in total. The van der Waals surface area contributed by atoms with Gasteiger partial charge in [-0.3, -0.25) is 14.2 Å². The smallest absolute Gasteiger partial charge is 0.409 e. The van der Waals surface area contributed by atoms with E-state index in [1.807, 2.05) is 13.0 Å². The Morgan fingerprint density at radius 2 is 1.85 bits per heavy atom. The van der Waals surface area contributed by atoms with Crippen LogP contribution in [0, 0.1) is 0 Å². The summed E-state index contributed by atoms with van der Waals surface area (Å²) in [5.74, 6) is -0.313. The first-order valence-electron chi connectivity index (χ1n) is 8.76. The average Bonchev–Trinajstić information content (AvgIpc) is 2.67. The van der Waals surface area contributed by atoms with Crippen molar-refractivity contribution in [1.29, 1.82) is 0 Å². The molecule has 3 heterocycles. The van der Waals surface area contributed by atoms with Crippen LogP contribution in [-0.2, 0) is 11.3 Å². The van der Waals surface area contributed by atoms with E-state index < -0.39 is 0 Å². The van der Waals surface area contributed by atoms with Crippen LogP contribution >= 0.6 is 0 Å². The minimum atomic E-state index is -0.371. The Kier molecular flexibility index (Phi) is 5.20. The summed E-state index contributed by atoms with van der Waals surface area (Å²) >= 11 is 0. The second-order valence-electron chi connectivity index (χ2n) is 6.00. The molecular weight excluding hydrogens is 336 g/mol. The number of piperazine rings is 1. The van der Waals surface area contributed by atoms with E-state index in [1.54, 1.807) is 35.1 Å². The molecule has 2 aromatic rings. The van der Waals surface area contributed by atoms with Crippen LogP contribution < -0.4 is 5.56 Å². The number of hydrogen-bond acceptors (Lipinski definition) is 5. The molecule has 8 heteroatoms. The van der Waals surface area contributed by atoms with E-state index in [2.05, 4.69) is 4.98 Å². The Morgan fingerprint density at radius 3 is 2.50 bits per heavy atom. The summed E-state index contributed by atoms with van der Waals surface area (Å²) in [5.41, 5.74) is 0.372. The zero-order valence-electron chi connectivity index (χ0n) is 15.0. The van der Waals surface area contributed by atoms with Crippen LogP contribution in [0.4, 0.5) is 4.79 Å². The van der Waals surface area contributed by atoms with Gasteiger partial charge in [-0.2, -0.15) is 0 Å². The number of hydrogen-bond donors (Lipinski definition) is 0. The Hall–Kier alpha value is -2.90. The fourth-order valence-electron chi connectivity index (χ4n) is 3.13. The fourth-order valence-corrected chi connectivity index (χ4v) is 3.13. The third kappa shape index (κ3) is 3.26. The quantitative estimate of drug-likeness (QED) is 0.826. The maximum Gasteiger partial charge on any atom is 0.409 e. The summed E-state index contributed by atoms with van der Waals surface area (Å²) in [7, 11) is 0. The number of nitrogens with zero attached hydrogens (tertiary/aromatic N) is 4. The Balaban J connectivity index is 1.84. The van der Waals surface area contributed by atoms with Crippen LogP contribution in [0.1, 0.15) is 24.2 Å².